The van der Waals surface area contributed by atoms with Gasteiger partial charge in [-0.25, -0.2) is 0 Å². The quantitative estimate of drug-likeness (QED) is 0.275. The van der Waals surface area contributed by atoms with E-state index in [2.05, 4.69) is 5.32 Å². The largest absolute Gasteiger partial charge is 0.356 e. The first-order valence-corrected chi connectivity index (χ1v) is 10.4. The second-order valence-electron chi connectivity index (χ2n) is 6.69. The Morgan fingerprint density at radius 1 is 0.893 bits per heavy atom. The summed E-state index contributed by atoms with van der Waals surface area (Å²) in [6, 6.07) is 0. The Labute approximate surface area is 165 Å². The molecule has 0 aliphatic rings. The Kier molecular flexibility index (Phi) is 10.7. The van der Waals surface area contributed by atoms with E-state index in [1.165, 1.54) is 30.8 Å². The first-order valence-electron chi connectivity index (χ1n) is 8.77. The summed E-state index contributed by atoms with van der Waals surface area (Å²) in [5.74, 6) is -3.91. The average Bonchev–Trinajstić information content (AvgIpc) is 2.58. The van der Waals surface area contributed by atoms with Gasteiger partial charge in [0.15, 0.2) is 0 Å². The third-order valence-corrected chi connectivity index (χ3v) is 4.43. The maximum Gasteiger partial charge on any atom is 0.283 e. The van der Waals surface area contributed by atoms with Crippen LogP contribution in [-0.4, -0.2) is 86.0 Å². The van der Waals surface area contributed by atoms with E-state index in [1.54, 1.807) is 13.8 Å². The van der Waals surface area contributed by atoms with E-state index in [1.807, 2.05) is 5.32 Å². The van der Waals surface area contributed by atoms with Gasteiger partial charge in [-0.1, -0.05) is 13.8 Å². The first-order chi connectivity index (χ1) is 12.8. The molecule has 4 amide bonds. The van der Waals surface area contributed by atoms with Gasteiger partial charge in [0.2, 0.25) is 23.6 Å². The summed E-state index contributed by atoms with van der Waals surface area (Å²) in [5.41, 5.74) is 0. The van der Waals surface area contributed by atoms with Crippen LogP contribution in [0.15, 0.2) is 0 Å². The van der Waals surface area contributed by atoms with Crippen LogP contribution >= 0.6 is 0 Å². The molecule has 162 valence electrons. The third kappa shape index (κ3) is 10.2. The van der Waals surface area contributed by atoms with Gasteiger partial charge in [-0.05, 0) is 6.92 Å². The predicted molar refractivity (Wildman–Crippen MR) is 101 cm³/mol. The van der Waals surface area contributed by atoms with Crippen LogP contribution < -0.4 is 10.6 Å². The van der Waals surface area contributed by atoms with Gasteiger partial charge < -0.3 is 20.4 Å². The molecule has 0 rings (SSSR count). The molecule has 2 unspecified atom stereocenters. The molecular weight excluding hydrogens is 392 g/mol. The van der Waals surface area contributed by atoms with Gasteiger partial charge >= 0.3 is 0 Å². The van der Waals surface area contributed by atoms with Crippen molar-refractivity contribution in [3.05, 3.63) is 0 Å². The molecule has 0 aliphatic carbocycles. The van der Waals surface area contributed by atoms with Crippen molar-refractivity contribution in [2.75, 3.05) is 39.6 Å². The van der Waals surface area contributed by atoms with Crippen molar-refractivity contribution in [3.8, 4) is 0 Å². The highest BCUT2D eigenvalue weighted by molar-refractivity contribution is 7.85. The molecule has 0 saturated carbocycles. The van der Waals surface area contributed by atoms with Crippen LogP contribution in [0.25, 0.3) is 0 Å². The number of amides is 4. The van der Waals surface area contributed by atoms with E-state index in [0.29, 0.717) is 6.54 Å². The monoisotopic (exact) mass is 422 g/mol. The molecule has 0 spiro atoms. The molecule has 0 radical (unpaired) electrons. The molecule has 0 saturated heterocycles. The van der Waals surface area contributed by atoms with Crippen molar-refractivity contribution in [2.24, 2.45) is 11.8 Å². The van der Waals surface area contributed by atoms with Crippen molar-refractivity contribution < 1.29 is 32.1 Å². The first kappa shape index (κ1) is 25.8. The highest BCUT2D eigenvalue weighted by atomic mass is 32.2. The zero-order chi connectivity index (χ0) is 22.1. The lowest BCUT2D eigenvalue weighted by molar-refractivity contribution is -0.140. The number of carbonyl (C=O) groups is 4. The summed E-state index contributed by atoms with van der Waals surface area (Å²) in [4.78, 5) is 50.4. The van der Waals surface area contributed by atoms with Crippen LogP contribution in [0.2, 0.25) is 0 Å². The highest BCUT2D eigenvalue weighted by Crippen LogP contribution is 2.05. The molecule has 2 atom stereocenters. The summed E-state index contributed by atoms with van der Waals surface area (Å²) in [6.07, 6.45) is -0.422. The number of rotatable bonds is 11. The molecule has 0 heterocycles. The summed E-state index contributed by atoms with van der Waals surface area (Å²) in [6.45, 7) is 5.55. The summed E-state index contributed by atoms with van der Waals surface area (Å²) < 4.78 is 29.9. The number of hydrogen-bond acceptors (Lipinski definition) is 6. The Morgan fingerprint density at radius 3 is 1.64 bits per heavy atom. The van der Waals surface area contributed by atoms with Gasteiger partial charge in [0.25, 0.3) is 10.1 Å². The fourth-order valence-electron chi connectivity index (χ4n) is 2.28. The highest BCUT2D eigenvalue weighted by Gasteiger charge is 2.23. The lowest BCUT2D eigenvalue weighted by Crippen LogP contribution is -2.42. The van der Waals surface area contributed by atoms with Gasteiger partial charge in [0.05, 0.1) is 11.8 Å². The van der Waals surface area contributed by atoms with Crippen LogP contribution in [-0.2, 0) is 29.3 Å². The van der Waals surface area contributed by atoms with Crippen LogP contribution in [0.5, 0.6) is 0 Å². The molecule has 0 bridgehead atoms. The van der Waals surface area contributed by atoms with Crippen molar-refractivity contribution in [3.63, 3.8) is 0 Å². The standard InChI is InChI=1S/C16H30N4O7S/c1-6-17-15(23)11(2)8-19(4)13(21)7-14(22)20(5)9-12(3)16(24)18-10-28(25,26)27/h11-12H,6-10H2,1-5H3,(H,17,23)(H,18,24)(H,25,26,27). The maximum absolute atomic E-state index is 12.2. The number of nitrogens with one attached hydrogen (secondary N) is 2. The molecule has 0 aromatic heterocycles. The van der Waals surface area contributed by atoms with Crippen molar-refractivity contribution >= 4 is 33.7 Å². The van der Waals surface area contributed by atoms with Crippen LogP contribution in [0.3, 0.4) is 0 Å². The van der Waals surface area contributed by atoms with Crippen molar-refractivity contribution in [2.45, 2.75) is 27.2 Å². The summed E-state index contributed by atoms with van der Waals surface area (Å²) in [5, 5.41) is 4.70. The summed E-state index contributed by atoms with van der Waals surface area (Å²) >= 11 is 0. The molecule has 0 aromatic carbocycles. The van der Waals surface area contributed by atoms with E-state index in [9.17, 15) is 27.6 Å². The Hall–Kier alpha value is -2.21. The van der Waals surface area contributed by atoms with Gasteiger partial charge in [-0.15, -0.1) is 0 Å². The molecule has 11 nitrogen and oxygen atoms in total. The van der Waals surface area contributed by atoms with E-state index < -0.39 is 52.0 Å². The zero-order valence-electron chi connectivity index (χ0n) is 16.9. The minimum atomic E-state index is -4.33. The van der Waals surface area contributed by atoms with Crippen molar-refractivity contribution in [1.29, 1.82) is 0 Å². The van der Waals surface area contributed by atoms with Gasteiger partial charge in [-0.2, -0.15) is 8.42 Å². The summed E-state index contributed by atoms with van der Waals surface area (Å²) in [7, 11) is -1.42. The van der Waals surface area contributed by atoms with Crippen molar-refractivity contribution in [1.82, 2.24) is 20.4 Å². The van der Waals surface area contributed by atoms with E-state index in [0.717, 1.165) is 0 Å². The van der Waals surface area contributed by atoms with Gasteiger partial charge in [0, 0.05) is 33.7 Å². The predicted octanol–water partition coefficient (Wildman–Crippen LogP) is -1.34. The maximum atomic E-state index is 12.2. The Morgan fingerprint density at radius 2 is 1.29 bits per heavy atom. The fraction of sp³-hybridized carbons (Fsp3) is 0.750. The topological polar surface area (TPSA) is 153 Å². The molecule has 3 N–H and O–H groups in total. The second kappa shape index (κ2) is 11.6. The number of nitrogens with zero attached hydrogens (tertiary/aromatic N) is 2. The molecule has 0 fully saturated rings. The minimum absolute atomic E-state index is 0.0392. The SMILES string of the molecule is CCNC(=O)C(C)CN(C)C(=O)CC(=O)N(C)CC(C)C(=O)NCS(=O)(=O)O. The lowest BCUT2D eigenvalue weighted by Gasteiger charge is -2.24. The minimum Gasteiger partial charge on any atom is -0.356 e. The molecule has 0 aromatic rings. The van der Waals surface area contributed by atoms with E-state index in [-0.39, 0.29) is 19.0 Å². The number of carbonyl (C=O) groups excluding carboxylic acids is 4. The molecule has 12 heteroatoms. The van der Waals surface area contributed by atoms with E-state index in [4.69, 9.17) is 4.55 Å². The average molecular weight is 423 g/mol. The third-order valence-electron chi connectivity index (χ3n) is 3.92. The second-order valence-corrected chi connectivity index (χ2v) is 8.14. The van der Waals surface area contributed by atoms with Gasteiger partial charge in [-0.3, -0.25) is 23.7 Å². The fourth-order valence-corrected chi connectivity index (χ4v) is 2.60. The molecular formula is C16H30N4O7S. The zero-order valence-corrected chi connectivity index (χ0v) is 17.7. The molecule has 0 aliphatic heterocycles. The Balaban J connectivity index is 4.53. The lowest BCUT2D eigenvalue weighted by atomic mass is 10.1. The van der Waals surface area contributed by atoms with Crippen LogP contribution in [0, 0.1) is 11.8 Å². The van der Waals surface area contributed by atoms with Crippen LogP contribution in [0.1, 0.15) is 27.2 Å². The van der Waals surface area contributed by atoms with Crippen LogP contribution in [0.4, 0.5) is 0 Å². The smallest absolute Gasteiger partial charge is 0.283 e. The number of hydrogen-bond donors (Lipinski definition) is 3. The normalized spacial score (nSPS) is 13.2. The van der Waals surface area contributed by atoms with E-state index >= 15 is 0 Å². The van der Waals surface area contributed by atoms with Gasteiger partial charge in [0.1, 0.15) is 12.3 Å². The molecule has 28 heavy (non-hydrogen) atoms. The Bertz CT molecular complexity index is 680.